The number of aliphatic hydroxyl groups is 2. The van der Waals surface area contributed by atoms with E-state index >= 15 is 0 Å². The number of aliphatic hydroxyl groups excluding tert-OH is 2. The molecule has 0 unspecified atom stereocenters. The van der Waals surface area contributed by atoms with Crippen LogP contribution in [0.4, 0.5) is 0 Å². The number of ether oxygens (including phenoxy) is 6. The Bertz CT molecular complexity index is 690. The van der Waals surface area contributed by atoms with E-state index in [0.29, 0.717) is 0 Å². The molecule has 6 atom stereocenters. The molecule has 10 heteroatoms. The van der Waals surface area contributed by atoms with Gasteiger partial charge in [-0.15, -0.1) is 0 Å². The van der Waals surface area contributed by atoms with Gasteiger partial charge in [-0.25, -0.2) is 0 Å². The van der Waals surface area contributed by atoms with Crippen molar-refractivity contribution in [2.24, 2.45) is 0 Å². The second-order valence-corrected chi connectivity index (χ2v) is 25.3. The zero-order chi connectivity index (χ0) is 30.8. The molecule has 2 N–H and O–H groups in total. The molecule has 2 aliphatic heterocycles. The summed E-state index contributed by atoms with van der Waals surface area (Å²) in [6, 6.07) is 2.23. The summed E-state index contributed by atoms with van der Waals surface area (Å²) in [7, 11) is -2.29. The van der Waals surface area contributed by atoms with Crippen LogP contribution in [-0.4, -0.2) is 103 Å². The number of unbranched alkanes of at least 4 members (excludes halogenated alkanes) is 2. The monoisotopic (exact) mass is 630 g/mol. The highest BCUT2D eigenvalue weighted by Crippen LogP contribution is 2.35. The first-order valence-corrected chi connectivity index (χ1v) is 23.7. The van der Waals surface area contributed by atoms with Crippen molar-refractivity contribution in [1.29, 1.82) is 0 Å². The number of rotatable bonds is 23. The molecule has 42 heavy (non-hydrogen) atoms. The van der Waals surface area contributed by atoms with Crippen molar-refractivity contribution in [3.8, 4) is 0 Å². The zero-order valence-electron chi connectivity index (χ0n) is 27.4. The van der Waals surface area contributed by atoms with Gasteiger partial charge in [0.05, 0.1) is 24.4 Å². The van der Waals surface area contributed by atoms with Gasteiger partial charge in [-0.2, -0.15) is 0 Å². The van der Waals surface area contributed by atoms with E-state index in [9.17, 15) is 0 Å². The van der Waals surface area contributed by atoms with E-state index in [0.717, 1.165) is 76.7 Å². The molecule has 0 aromatic rings. The molecule has 0 aliphatic carbocycles. The maximum absolute atomic E-state index is 9.15. The van der Waals surface area contributed by atoms with Crippen molar-refractivity contribution in [2.75, 3.05) is 40.0 Å². The second kappa shape index (κ2) is 20.6. The van der Waals surface area contributed by atoms with E-state index in [1.165, 1.54) is 0 Å². The molecular formula is C32H62O8Si2. The van der Waals surface area contributed by atoms with Gasteiger partial charge in [-0.05, 0) is 63.5 Å². The molecule has 0 spiro atoms. The van der Waals surface area contributed by atoms with Gasteiger partial charge in [0.1, 0.15) is 25.8 Å². The van der Waals surface area contributed by atoms with Crippen LogP contribution in [0.5, 0.6) is 0 Å². The molecule has 0 bridgehead atoms. The molecule has 0 aromatic heterocycles. The number of hydrogen-bond acceptors (Lipinski definition) is 8. The van der Waals surface area contributed by atoms with Crippen LogP contribution < -0.4 is 0 Å². The standard InChI is InChI=1S/C32H62O8Si2/c1-41(2,3)23-21-35-25-37-27(13-9-7-11-19-33)29-15-17-31(39-29)32-18-16-30(40-32)28(14-10-8-12-20-34)38-26-36-22-24-42(4,5)6/h9-10,13-14,27-34H,7-8,11-12,15-26H2,1-6H3/b13-9+,14-10+/t27-,28-,29-,30-,31-,32-/m1/s1. The van der Waals surface area contributed by atoms with Crippen LogP contribution in [0.3, 0.4) is 0 Å². The van der Waals surface area contributed by atoms with E-state index in [2.05, 4.69) is 63.6 Å². The van der Waals surface area contributed by atoms with Crippen molar-refractivity contribution in [2.45, 2.75) is 139 Å². The summed E-state index contributed by atoms with van der Waals surface area (Å²) in [5, 5.41) is 18.3. The maximum Gasteiger partial charge on any atom is 0.147 e. The Balaban J connectivity index is 1.89. The topological polar surface area (TPSA) is 95.8 Å². The lowest BCUT2D eigenvalue weighted by Gasteiger charge is -2.26. The minimum absolute atomic E-state index is 0.0248. The van der Waals surface area contributed by atoms with Crippen LogP contribution >= 0.6 is 0 Å². The largest absolute Gasteiger partial charge is 0.396 e. The first kappa shape index (κ1) is 37.8. The average Bonchev–Trinajstić information content (AvgIpc) is 3.60. The lowest BCUT2D eigenvalue weighted by molar-refractivity contribution is -0.146. The number of hydrogen-bond donors (Lipinski definition) is 2. The summed E-state index contributed by atoms with van der Waals surface area (Å²) in [5.41, 5.74) is 0. The third-order valence-electron chi connectivity index (χ3n) is 7.71. The van der Waals surface area contributed by atoms with E-state index in [-0.39, 0.29) is 63.4 Å². The van der Waals surface area contributed by atoms with E-state index in [4.69, 9.17) is 38.6 Å². The predicted octanol–water partition coefficient (Wildman–Crippen LogP) is 6.13. The molecule has 8 nitrogen and oxygen atoms in total. The van der Waals surface area contributed by atoms with Crippen LogP contribution in [0.1, 0.15) is 51.4 Å². The summed E-state index contributed by atoms with van der Waals surface area (Å²) in [6.45, 7) is 16.4. The molecule has 2 heterocycles. The van der Waals surface area contributed by atoms with Gasteiger partial charge >= 0.3 is 0 Å². The minimum Gasteiger partial charge on any atom is -0.396 e. The number of allylic oxidation sites excluding steroid dienone is 2. The summed E-state index contributed by atoms with van der Waals surface area (Å²) < 4.78 is 37.1. The summed E-state index contributed by atoms with van der Waals surface area (Å²) >= 11 is 0. The first-order chi connectivity index (χ1) is 20.0. The molecule has 2 saturated heterocycles. The van der Waals surface area contributed by atoms with Gasteiger partial charge in [0.25, 0.3) is 0 Å². The van der Waals surface area contributed by atoms with Crippen molar-refractivity contribution >= 4 is 16.1 Å². The summed E-state index contributed by atoms with van der Waals surface area (Å²) in [6.07, 6.45) is 14.7. The summed E-state index contributed by atoms with van der Waals surface area (Å²) in [4.78, 5) is 0. The smallest absolute Gasteiger partial charge is 0.147 e. The Morgan fingerprint density at radius 3 is 1.43 bits per heavy atom. The van der Waals surface area contributed by atoms with E-state index in [1.807, 2.05) is 0 Å². The average molecular weight is 631 g/mol. The normalized spacial score (nSPS) is 25.2. The van der Waals surface area contributed by atoms with Crippen molar-refractivity contribution in [3.05, 3.63) is 24.3 Å². The SMILES string of the molecule is C[Si](C)(C)CCOCO[C@H](/C=C/CCCO)[C@H]1CC[C@H]([C@H]2CC[C@H]([C@@H](/C=C/CCCO)OCOCC[Si](C)(C)C)O2)O1. The van der Waals surface area contributed by atoms with Gasteiger partial charge in [0.15, 0.2) is 0 Å². The lowest BCUT2D eigenvalue weighted by atomic mass is 10.0. The second-order valence-electron chi connectivity index (χ2n) is 14.1. The Morgan fingerprint density at radius 1 is 0.667 bits per heavy atom. The Morgan fingerprint density at radius 2 is 1.07 bits per heavy atom. The zero-order valence-corrected chi connectivity index (χ0v) is 29.4. The van der Waals surface area contributed by atoms with Gasteiger partial charge < -0.3 is 38.6 Å². The molecule has 2 aliphatic rings. The molecule has 0 amide bonds. The maximum atomic E-state index is 9.15. The fourth-order valence-corrected chi connectivity index (χ4v) is 6.50. The van der Waals surface area contributed by atoms with Crippen LogP contribution in [0, 0.1) is 0 Å². The van der Waals surface area contributed by atoms with Gasteiger partial charge in [0.2, 0.25) is 0 Å². The van der Waals surface area contributed by atoms with E-state index in [1.54, 1.807) is 0 Å². The van der Waals surface area contributed by atoms with Crippen molar-refractivity contribution < 1.29 is 38.6 Å². The lowest BCUT2D eigenvalue weighted by Crippen LogP contribution is -2.34. The molecule has 2 rings (SSSR count). The fraction of sp³-hybridized carbons (Fsp3) is 0.875. The molecule has 0 saturated carbocycles. The van der Waals surface area contributed by atoms with Crippen molar-refractivity contribution in [3.63, 3.8) is 0 Å². The van der Waals surface area contributed by atoms with Crippen LogP contribution in [-0.2, 0) is 28.4 Å². The fourth-order valence-electron chi connectivity index (χ4n) is 4.99. The quantitative estimate of drug-likeness (QED) is 0.0602. The highest BCUT2D eigenvalue weighted by atomic mass is 28.3. The van der Waals surface area contributed by atoms with Crippen molar-refractivity contribution in [1.82, 2.24) is 0 Å². The molecular weight excluding hydrogens is 569 g/mol. The highest BCUT2D eigenvalue weighted by molar-refractivity contribution is 6.76. The van der Waals surface area contributed by atoms with Gasteiger partial charge in [-0.1, -0.05) is 63.6 Å². The highest BCUT2D eigenvalue weighted by Gasteiger charge is 2.41. The Hall–Kier alpha value is -0.406. The predicted molar refractivity (Wildman–Crippen MR) is 174 cm³/mol. The Labute approximate surface area is 258 Å². The third-order valence-corrected chi connectivity index (χ3v) is 11.1. The van der Waals surface area contributed by atoms with Gasteiger partial charge in [-0.3, -0.25) is 0 Å². The molecule has 2 fully saturated rings. The first-order valence-electron chi connectivity index (χ1n) is 16.3. The van der Waals surface area contributed by atoms with Crippen LogP contribution in [0.15, 0.2) is 24.3 Å². The molecule has 246 valence electrons. The van der Waals surface area contributed by atoms with Crippen LogP contribution in [0.2, 0.25) is 51.4 Å². The van der Waals surface area contributed by atoms with Crippen LogP contribution in [0.25, 0.3) is 0 Å². The van der Waals surface area contributed by atoms with Gasteiger partial charge in [0, 0.05) is 42.6 Å². The molecule has 0 radical (unpaired) electrons. The Kier molecular flexibility index (Phi) is 18.5. The van der Waals surface area contributed by atoms with E-state index < -0.39 is 16.1 Å². The summed E-state index contributed by atoms with van der Waals surface area (Å²) in [5.74, 6) is 0. The minimum atomic E-state index is -1.14. The molecule has 0 aromatic carbocycles. The third kappa shape index (κ3) is 16.6.